The number of aliphatic imine (C=N–C) groups is 2. The van der Waals surface area contributed by atoms with Crippen molar-refractivity contribution in [3.63, 3.8) is 0 Å². The number of aliphatic hydroxyl groups is 2. The van der Waals surface area contributed by atoms with Gasteiger partial charge in [-0.2, -0.15) is 0 Å². The van der Waals surface area contributed by atoms with Gasteiger partial charge in [0.1, 0.15) is 17.2 Å². The predicted molar refractivity (Wildman–Crippen MR) is 187 cm³/mol. The van der Waals surface area contributed by atoms with E-state index in [1.807, 2.05) is 72.8 Å². The molecule has 246 valence electrons. The fraction of sp³-hybridized carbons (Fsp3) is 0.308. The Morgan fingerprint density at radius 2 is 0.915 bits per heavy atom. The Bertz CT molecular complexity index is 1520. The molecule has 0 radical (unpaired) electrons. The van der Waals surface area contributed by atoms with Gasteiger partial charge >= 0.3 is 5.97 Å². The van der Waals surface area contributed by atoms with E-state index in [4.69, 9.17) is 24.4 Å². The molecule has 0 heterocycles. The summed E-state index contributed by atoms with van der Waals surface area (Å²) in [5, 5.41) is 17.7. The van der Waals surface area contributed by atoms with Gasteiger partial charge < -0.3 is 24.4 Å². The molecule has 8 nitrogen and oxygen atoms in total. The molecule has 0 fully saturated rings. The lowest BCUT2D eigenvalue weighted by Gasteiger charge is -2.06. The highest BCUT2D eigenvalue weighted by Crippen LogP contribution is 2.21. The van der Waals surface area contributed by atoms with Gasteiger partial charge in [-0.3, -0.25) is 9.98 Å². The second-order valence-electron chi connectivity index (χ2n) is 11.1. The van der Waals surface area contributed by atoms with E-state index in [0.29, 0.717) is 24.5 Å². The summed E-state index contributed by atoms with van der Waals surface area (Å²) in [6.07, 6.45) is 11.3. The third kappa shape index (κ3) is 13.2. The maximum absolute atomic E-state index is 12.7. The van der Waals surface area contributed by atoms with Gasteiger partial charge in [-0.1, -0.05) is 25.0 Å². The van der Waals surface area contributed by atoms with Gasteiger partial charge in [0.15, 0.2) is 0 Å². The van der Waals surface area contributed by atoms with Crippen LogP contribution >= 0.6 is 0 Å². The maximum Gasteiger partial charge on any atom is 0.343 e. The zero-order valence-electron chi connectivity index (χ0n) is 26.8. The van der Waals surface area contributed by atoms with Crippen LogP contribution in [0, 0.1) is 0 Å². The molecule has 4 aromatic rings. The number of hydrogen-bond acceptors (Lipinski definition) is 8. The molecule has 0 amide bonds. The zero-order chi connectivity index (χ0) is 32.9. The Balaban J connectivity index is 1.18. The van der Waals surface area contributed by atoms with Gasteiger partial charge in [-0.25, -0.2) is 4.79 Å². The summed E-state index contributed by atoms with van der Waals surface area (Å²) < 4.78 is 17.1. The molecule has 4 aromatic carbocycles. The maximum atomic E-state index is 12.7. The Kier molecular flexibility index (Phi) is 15.2. The van der Waals surface area contributed by atoms with Crippen molar-refractivity contribution in [1.82, 2.24) is 0 Å². The first-order valence-electron chi connectivity index (χ1n) is 16.3. The molecular weight excluding hydrogens is 592 g/mol. The SMILES string of the molecule is O=C(Oc1ccc(C=Nc2ccc(OCCCCCCO)cc2)cc1)c1ccc(C=Nc2ccc(OCCCCCCO)cc2)cc1. The quantitative estimate of drug-likeness (QED) is 0.0437. The molecule has 4 rings (SSSR count). The molecule has 47 heavy (non-hydrogen) atoms. The molecule has 0 saturated carbocycles. The molecule has 0 aliphatic rings. The van der Waals surface area contributed by atoms with Crippen LogP contribution in [0.3, 0.4) is 0 Å². The van der Waals surface area contributed by atoms with Crippen LogP contribution in [0.5, 0.6) is 17.2 Å². The first-order chi connectivity index (χ1) is 23.1. The van der Waals surface area contributed by atoms with Crippen LogP contribution < -0.4 is 14.2 Å². The van der Waals surface area contributed by atoms with Gasteiger partial charge in [-0.05, 0) is 135 Å². The largest absolute Gasteiger partial charge is 0.494 e. The summed E-state index contributed by atoms with van der Waals surface area (Å²) in [5.74, 6) is 1.63. The van der Waals surface area contributed by atoms with Crippen molar-refractivity contribution in [3.8, 4) is 17.2 Å². The van der Waals surface area contributed by atoms with Crippen molar-refractivity contribution in [3.05, 3.63) is 114 Å². The highest BCUT2D eigenvalue weighted by Gasteiger charge is 2.08. The molecule has 0 unspecified atom stereocenters. The lowest BCUT2D eigenvalue weighted by molar-refractivity contribution is 0.0734. The normalized spacial score (nSPS) is 11.3. The standard InChI is InChI=1S/C39H44N2O6/c42-25-5-1-3-7-27-45-36-21-15-34(16-22-36)40-29-31-9-13-33(14-10-31)39(44)47-38-19-11-32(12-20-38)30-41-35-17-23-37(24-18-35)46-28-8-4-2-6-26-43/h9-24,29-30,42-43H,1-8,25-28H2. The lowest BCUT2D eigenvalue weighted by atomic mass is 10.1. The van der Waals surface area contributed by atoms with E-state index in [9.17, 15) is 4.79 Å². The van der Waals surface area contributed by atoms with Gasteiger partial charge in [0, 0.05) is 25.6 Å². The number of aliphatic hydroxyl groups excluding tert-OH is 2. The number of nitrogens with zero attached hydrogens (tertiary/aromatic N) is 2. The lowest BCUT2D eigenvalue weighted by Crippen LogP contribution is -2.08. The summed E-state index contributed by atoms with van der Waals surface area (Å²) in [6.45, 7) is 1.81. The minimum Gasteiger partial charge on any atom is -0.494 e. The summed E-state index contributed by atoms with van der Waals surface area (Å²) in [6, 6.07) is 29.5. The van der Waals surface area contributed by atoms with E-state index < -0.39 is 5.97 Å². The number of unbranched alkanes of at least 4 members (excludes halogenated alkanes) is 6. The van der Waals surface area contributed by atoms with Gasteiger partial charge in [0.2, 0.25) is 0 Å². The van der Waals surface area contributed by atoms with Crippen LogP contribution in [0.1, 0.15) is 72.9 Å². The summed E-state index contributed by atoms with van der Waals surface area (Å²) in [7, 11) is 0. The van der Waals surface area contributed by atoms with Crippen LogP contribution in [-0.4, -0.2) is 55.0 Å². The van der Waals surface area contributed by atoms with E-state index >= 15 is 0 Å². The molecular formula is C39H44N2O6. The number of carbonyl (C=O) groups is 1. The molecule has 0 aromatic heterocycles. The van der Waals surface area contributed by atoms with Crippen molar-refractivity contribution < 1.29 is 29.2 Å². The molecule has 0 bridgehead atoms. The van der Waals surface area contributed by atoms with Gasteiger partial charge in [-0.15, -0.1) is 0 Å². The van der Waals surface area contributed by atoms with E-state index in [1.165, 1.54) is 0 Å². The second-order valence-corrected chi connectivity index (χ2v) is 11.1. The Morgan fingerprint density at radius 1 is 0.511 bits per heavy atom. The van der Waals surface area contributed by atoms with E-state index in [1.54, 1.807) is 36.7 Å². The number of ether oxygens (including phenoxy) is 3. The van der Waals surface area contributed by atoms with E-state index in [-0.39, 0.29) is 13.2 Å². The predicted octanol–water partition coefficient (Wildman–Crippen LogP) is 8.27. The van der Waals surface area contributed by atoms with Crippen molar-refractivity contribution >= 4 is 29.8 Å². The van der Waals surface area contributed by atoms with Crippen LogP contribution in [0.15, 0.2) is 107 Å². The molecule has 2 N–H and O–H groups in total. The summed E-state index contributed by atoms with van der Waals surface area (Å²) >= 11 is 0. The van der Waals surface area contributed by atoms with Crippen molar-refractivity contribution in [2.75, 3.05) is 26.4 Å². The van der Waals surface area contributed by atoms with E-state index in [0.717, 1.165) is 85.4 Å². The number of benzene rings is 4. The summed E-state index contributed by atoms with van der Waals surface area (Å²) in [5.41, 5.74) is 3.80. The molecule has 0 saturated heterocycles. The summed E-state index contributed by atoms with van der Waals surface area (Å²) in [4.78, 5) is 21.7. The molecule has 0 aliphatic heterocycles. The average Bonchev–Trinajstić information content (AvgIpc) is 3.11. The highest BCUT2D eigenvalue weighted by atomic mass is 16.5. The first kappa shape index (κ1) is 35.1. The molecule has 8 heteroatoms. The molecule has 0 aliphatic carbocycles. The van der Waals surface area contributed by atoms with Crippen molar-refractivity contribution in [1.29, 1.82) is 0 Å². The van der Waals surface area contributed by atoms with Crippen LogP contribution in [-0.2, 0) is 0 Å². The molecule has 0 spiro atoms. The molecule has 0 atom stereocenters. The highest BCUT2D eigenvalue weighted by molar-refractivity contribution is 5.92. The Labute approximate surface area is 277 Å². The fourth-order valence-electron chi connectivity index (χ4n) is 4.56. The Morgan fingerprint density at radius 3 is 1.36 bits per heavy atom. The Hall–Kier alpha value is -4.79. The monoisotopic (exact) mass is 636 g/mol. The topological polar surface area (TPSA) is 110 Å². The van der Waals surface area contributed by atoms with Gasteiger partial charge in [0.05, 0.1) is 30.2 Å². The van der Waals surface area contributed by atoms with Crippen LogP contribution in [0.25, 0.3) is 0 Å². The minimum absolute atomic E-state index is 0.246. The second kappa shape index (κ2) is 20.4. The van der Waals surface area contributed by atoms with E-state index in [2.05, 4.69) is 9.98 Å². The van der Waals surface area contributed by atoms with Crippen LogP contribution in [0.2, 0.25) is 0 Å². The fourth-order valence-corrected chi connectivity index (χ4v) is 4.56. The third-order valence-corrected chi connectivity index (χ3v) is 7.28. The van der Waals surface area contributed by atoms with Crippen molar-refractivity contribution in [2.45, 2.75) is 51.4 Å². The first-order valence-corrected chi connectivity index (χ1v) is 16.3. The number of carbonyl (C=O) groups excluding carboxylic acids is 1. The third-order valence-electron chi connectivity index (χ3n) is 7.28. The van der Waals surface area contributed by atoms with Crippen LogP contribution in [0.4, 0.5) is 11.4 Å². The number of esters is 1. The van der Waals surface area contributed by atoms with Gasteiger partial charge in [0.25, 0.3) is 0 Å². The smallest absolute Gasteiger partial charge is 0.343 e. The average molecular weight is 637 g/mol. The minimum atomic E-state index is -0.439. The van der Waals surface area contributed by atoms with Crippen molar-refractivity contribution in [2.24, 2.45) is 9.98 Å². The number of rotatable bonds is 20. The zero-order valence-corrected chi connectivity index (χ0v) is 26.8. The number of hydrogen-bond donors (Lipinski definition) is 2.